The lowest BCUT2D eigenvalue weighted by molar-refractivity contribution is 0.201. The van der Waals surface area contributed by atoms with Gasteiger partial charge in [-0.1, -0.05) is 25.7 Å². The molecule has 2 rings (SSSR count). The quantitative estimate of drug-likeness (QED) is 0.767. The van der Waals surface area contributed by atoms with Crippen LogP contribution in [0.1, 0.15) is 52.4 Å². The SMILES string of the molecule is CCN(CC)C(=O)n1cnc(S(=O)(=O)CC2CCCCCC2)n1. The van der Waals surface area contributed by atoms with Crippen molar-refractivity contribution in [2.45, 2.75) is 57.5 Å². The van der Waals surface area contributed by atoms with Crippen molar-refractivity contribution in [1.29, 1.82) is 0 Å². The molecule has 0 aliphatic heterocycles. The topological polar surface area (TPSA) is 85.2 Å². The van der Waals surface area contributed by atoms with Gasteiger partial charge in [0.25, 0.3) is 5.16 Å². The highest BCUT2D eigenvalue weighted by Gasteiger charge is 2.27. The van der Waals surface area contributed by atoms with E-state index < -0.39 is 9.84 Å². The van der Waals surface area contributed by atoms with Gasteiger partial charge >= 0.3 is 6.03 Å². The Morgan fingerprint density at radius 3 is 2.39 bits per heavy atom. The second-order valence-corrected chi connectivity index (χ2v) is 7.99. The van der Waals surface area contributed by atoms with Crippen LogP contribution in [0.5, 0.6) is 0 Å². The molecular weight excluding hydrogens is 316 g/mol. The molecule has 1 amide bonds. The molecule has 1 aliphatic carbocycles. The number of rotatable bonds is 5. The van der Waals surface area contributed by atoms with E-state index in [0.717, 1.165) is 30.4 Å². The number of sulfone groups is 1. The fourth-order valence-electron chi connectivity index (χ4n) is 3.04. The standard InChI is InChI=1S/C15H26N4O3S/c1-3-18(4-2)15(20)19-12-16-14(17-19)23(21,22)11-13-9-7-5-6-8-10-13/h12-13H,3-11H2,1-2H3. The van der Waals surface area contributed by atoms with Crippen LogP contribution in [0, 0.1) is 5.92 Å². The van der Waals surface area contributed by atoms with E-state index in [1.54, 1.807) is 4.90 Å². The summed E-state index contributed by atoms with van der Waals surface area (Å²) in [6, 6.07) is -0.349. The van der Waals surface area contributed by atoms with Crippen LogP contribution >= 0.6 is 0 Å². The first-order valence-corrected chi connectivity index (χ1v) is 10.1. The van der Waals surface area contributed by atoms with Gasteiger partial charge in [0.2, 0.25) is 9.84 Å². The van der Waals surface area contributed by atoms with Gasteiger partial charge in [-0.05, 0) is 32.6 Å². The fourth-order valence-corrected chi connectivity index (χ4v) is 4.56. The first kappa shape index (κ1) is 17.9. The molecule has 1 heterocycles. The predicted molar refractivity (Wildman–Crippen MR) is 87.0 cm³/mol. The molecule has 23 heavy (non-hydrogen) atoms. The molecule has 130 valence electrons. The molecule has 1 saturated carbocycles. The summed E-state index contributed by atoms with van der Waals surface area (Å²) in [5.41, 5.74) is 0. The lowest BCUT2D eigenvalue weighted by Crippen LogP contribution is -2.34. The highest BCUT2D eigenvalue weighted by atomic mass is 32.2. The zero-order chi connectivity index (χ0) is 16.9. The van der Waals surface area contributed by atoms with Gasteiger partial charge in [-0.3, -0.25) is 0 Å². The smallest absolute Gasteiger partial charge is 0.323 e. The van der Waals surface area contributed by atoms with E-state index >= 15 is 0 Å². The molecule has 0 unspecified atom stereocenters. The number of nitrogens with zero attached hydrogens (tertiary/aromatic N) is 4. The van der Waals surface area contributed by atoms with Crippen molar-refractivity contribution >= 4 is 15.9 Å². The normalized spacial score (nSPS) is 17.0. The lowest BCUT2D eigenvalue weighted by Gasteiger charge is -2.17. The Labute approximate surface area is 138 Å². The van der Waals surface area contributed by atoms with Gasteiger partial charge in [-0.2, -0.15) is 4.68 Å². The number of amides is 1. The van der Waals surface area contributed by atoms with Gasteiger partial charge < -0.3 is 4.90 Å². The third kappa shape index (κ3) is 4.53. The molecule has 8 heteroatoms. The Bertz CT molecular complexity index is 614. The van der Waals surface area contributed by atoms with Crippen molar-refractivity contribution in [2.24, 2.45) is 5.92 Å². The molecule has 1 fully saturated rings. The summed E-state index contributed by atoms with van der Waals surface area (Å²) < 4.78 is 26.0. The molecular formula is C15H26N4O3S. The third-order valence-electron chi connectivity index (χ3n) is 4.41. The fraction of sp³-hybridized carbons (Fsp3) is 0.800. The van der Waals surface area contributed by atoms with Crippen LogP contribution in [0.4, 0.5) is 4.79 Å². The van der Waals surface area contributed by atoms with E-state index in [4.69, 9.17) is 0 Å². The van der Waals surface area contributed by atoms with E-state index in [-0.39, 0.29) is 22.9 Å². The highest BCUT2D eigenvalue weighted by Crippen LogP contribution is 2.25. The maximum atomic E-state index is 12.5. The Hall–Kier alpha value is -1.44. The lowest BCUT2D eigenvalue weighted by atomic mass is 10.0. The monoisotopic (exact) mass is 342 g/mol. The van der Waals surface area contributed by atoms with Gasteiger partial charge in [0.15, 0.2) is 0 Å². The van der Waals surface area contributed by atoms with E-state index in [0.29, 0.717) is 13.1 Å². The van der Waals surface area contributed by atoms with Crippen molar-refractivity contribution in [2.75, 3.05) is 18.8 Å². The van der Waals surface area contributed by atoms with Gasteiger partial charge in [0.1, 0.15) is 6.33 Å². The van der Waals surface area contributed by atoms with E-state index in [1.807, 2.05) is 13.8 Å². The van der Waals surface area contributed by atoms with Crippen molar-refractivity contribution in [3.05, 3.63) is 6.33 Å². The zero-order valence-corrected chi connectivity index (χ0v) is 14.8. The Kier molecular flexibility index (Phi) is 6.15. The molecule has 7 nitrogen and oxygen atoms in total. The van der Waals surface area contributed by atoms with Gasteiger partial charge in [0, 0.05) is 13.1 Å². The van der Waals surface area contributed by atoms with Crippen LogP contribution < -0.4 is 0 Å². The summed E-state index contributed by atoms with van der Waals surface area (Å²) in [7, 11) is -3.54. The first-order chi connectivity index (χ1) is 11.0. The van der Waals surface area contributed by atoms with Crippen LogP contribution in [-0.4, -0.2) is 53.0 Å². The van der Waals surface area contributed by atoms with Crippen LogP contribution in [0.3, 0.4) is 0 Å². The molecule has 1 aromatic rings. The molecule has 0 radical (unpaired) electrons. The van der Waals surface area contributed by atoms with E-state index in [1.165, 1.54) is 19.2 Å². The summed E-state index contributed by atoms with van der Waals surface area (Å²) in [6.45, 7) is 4.81. The van der Waals surface area contributed by atoms with Gasteiger partial charge in [0.05, 0.1) is 5.75 Å². The zero-order valence-electron chi connectivity index (χ0n) is 13.9. The third-order valence-corrected chi connectivity index (χ3v) is 6.06. The van der Waals surface area contributed by atoms with Crippen molar-refractivity contribution < 1.29 is 13.2 Å². The second kappa shape index (κ2) is 7.90. The van der Waals surface area contributed by atoms with Crippen LogP contribution in [0.2, 0.25) is 0 Å². The summed E-state index contributed by atoms with van der Waals surface area (Å²) in [5, 5.41) is 3.68. The average molecular weight is 342 g/mol. The molecule has 0 aromatic carbocycles. The Balaban J connectivity index is 2.10. The van der Waals surface area contributed by atoms with Gasteiger partial charge in [-0.15, -0.1) is 5.10 Å². The maximum Gasteiger partial charge on any atom is 0.346 e. The minimum absolute atomic E-state index is 0.0798. The molecule has 0 atom stereocenters. The minimum Gasteiger partial charge on any atom is -0.323 e. The Morgan fingerprint density at radius 2 is 1.83 bits per heavy atom. The van der Waals surface area contributed by atoms with Gasteiger partial charge in [-0.25, -0.2) is 18.2 Å². The second-order valence-electron chi connectivity index (χ2n) is 6.07. The Morgan fingerprint density at radius 1 is 1.22 bits per heavy atom. The minimum atomic E-state index is -3.54. The summed E-state index contributed by atoms with van der Waals surface area (Å²) in [5.74, 6) is 0.254. The first-order valence-electron chi connectivity index (χ1n) is 8.41. The molecule has 1 aliphatic rings. The molecule has 0 bridgehead atoms. The van der Waals surface area contributed by atoms with Crippen LogP contribution in [0.25, 0.3) is 0 Å². The largest absolute Gasteiger partial charge is 0.346 e. The van der Waals surface area contributed by atoms with Crippen LogP contribution in [0.15, 0.2) is 11.5 Å². The predicted octanol–water partition coefficient (Wildman–Crippen LogP) is 2.33. The number of carbonyl (C=O) groups is 1. The van der Waals surface area contributed by atoms with E-state index in [9.17, 15) is 13.2 Å². The number of aromatic nitrogens is 3. The molecule has 1 aromatic heterocycles. The molecule has 0 spiro atoms. The van der Waals surface area contributed by atoms with Crippen LogP contribution in [-0.2, 0) is 9.84 Å². The van der Waals surface area contributed by atoms with Crippen molar-refractivity contribution in [3.8, 4) is 0 Å². The summed E-state index contributed by atoms with van der Waals surface area (Å²) in [6.07, 6.45) is 7.62. The van der Waals surface area contributed by atoms with E-state index in [2.05, 4.69) is 10.1 Å². The highest BCUT2D eigenvalue weighted by molar-refractivity contribution is 7.91. The average Bonchev–Trinajstić information content (AvgIpc) is 2.90. The van der Waals surface area contributed by atoms with Crippen molar-refractivity contribution in [3.63, 3.8) is 0 Å². The maximum absolute atomic E-state index is 12.5. The van der Waals surface area contributed by atoms with Crippen molar-refractivity contribution in [1.82, 2.24) is 19.7 Å². The number of hydrogen-bond acceptors (Lipinski definition) is 5. The number of hydrogen-bond donors (Lipinski definition) is 0. The summed E-state index contributed by atoms with van der Waals surface area (Å²) in [4.78, 5) is 17.6. The summed E-state index contributed by atoms with van der Waals surface area (Å²) >= 11 is 0. The molecule has 0 saturated heterocycles. The molecule has 0 N–H and O–H groups in total. The number of carbonyl (C=O) groups excluding carboxylic acids is 1.